The molecule has 0 unspecified atom stereocenters. The maximum atomic E-state index is 15.4. The summed E-state index contributed by atoms with van der Waals surface area (Å²) in [4.78, 5) is 20.4. The Bertz CT molecular complexity index is 1710. The Morgan fingerprint density at radius 1 is 0.974 bits per heavy atom. The Morgan fingerprint density at radius 3 is 2.55 bits per heavy atom. The van der Waals surface area contributed by atoms with E-state index < -0.39 is 34.6 Å². The van der Waals surface area contributed by atoms with Gasteiger partial charge in [0.15, 0.2) is 5.82 Å². The van der Waals surface area contributed by atoms with E-state index in [1.165, 1.54) is 6.20 Å². The Hall–Kier alpha value is -4.35. The van der Waals surface area contributed by atoms with Crippen LogP contribution in [-0.4, -0.2) is 15.8 Å². The van der Waals surface area contributed by atoms with Crippen LogP contribution >= 0.6 is 11.9 Å². The number of fused-ring (bicyclic) bond motifs is 1. The van der Waals surface area contributed by atoms with Crippen LogP contribution in [0.3, 0.4) is 0 Å². The number of benzene rings is 3. The van der Waals surface area contributed by atoms with Crippen molar-refractivity contribution in [2.45, 2.75) is 11.4 Å². The largest absolute Gasteiger partial charge is 0.398 e. The zero-order valence-corrected chi connectivity index (χ0v) is 20.3. The average molecular weight is 538 g/mol. The summed E-state index contributed by atoms with van der Waals surface area (Å²) in [6, 6.07) is 11.8. The number of nitrogens with zero attached hydrogens (tertiary/aromatic N) is 1. The maximum Gasteiger partial charge on any atom is 0.201 e. The molecule has 0 saturated heterocycles. The van der Waals surface area contributed by atoms with Crippen molar-refractivity contribution in [3.8, 4) is 11.1 Å². The van der Waals surface area contributed by atoms with Crippen LogP contribution in [0, 0.1) is 23.3 Å². The highest BCUT2D eigenvalue weighted by molar-refractivity contribution is 8.00. The predicted molar refractivity (Wildman–Crippen MR) is 139 cm³/mol. The van der Waals surface area contributed by atoms with Gasteiger partial charge in [-0.2, -0.15) is 0 Å². The highest BCUT2D eigenvalue weighted by atomic mass is 32.2. The summed E-state index contributed by atoms with van der Waals surface area (Å²) in [5.74, 6) is -4.59. The van der Waals surface area contributed by atoms with Gasteiger partial charge < -0.3 is 21.2 Å². The van der Waals surface area contributed by atoms with E-state index in [0.717, 1.165) is 41.5 Å². The van der Waals surface area contributed by atoms with E-state index >= 15 is 4.39 Å². The van der Waals surface area contributed by atoms with Crippen LogP contribution in [0.5, 0.6) is 0 Å². The normalized spacial score (nSPS) is 11.2. The second kappa shape index (κ2) is 10.2. The van der Waals surface area contributed by atoms with Crippen molar-refractivity contribution in [2.75, 3.05) is 10.5 Å². The average Bonchev–Trinajstić information content (AvgIpc) is 3.33. The van der Waals surface area contributed by atoms with Gasteiger partial charge in [-0.1, -0.05) is 6.07 Å². The number of aromatic amines is 1. The summed E-state index contributed by atoms with van der Waals surface area (Å²) in [5, 5.41) is 0.354. The number of pyridine rings is 1. The second-order valence-electron chi connectivity index (χ2n) is 8.33. The molecular weight excluding hydrogens is 518 g/mol. The van der Waals surface area contributed by atoms with Gasteiger partial charge in [0.2, 0.25) is 5.78 Å². The van der Waals surface area contributed by atoms with Gasteiger partial charge in [-0.05, 0) is 71.6 Å². The van der Waals surface area contributed by atoms with Crippen LogP contribution in [0.2, 0.25) is 0 Å². The van der Waals surface area contributed by atoms with Crippen molar-refractivity contribution in [2.24, 2.45) is 5.73 Å². The molecule has 0 saturated carbocycles. The summed E-state index contributed by atoms with van der Waals surface area (Å²) in [6.45, 7) is 0.232. The number of hydrogen-bond acceptors (Lipinski definition) is 6. The Morgan fingerprint density at radius 2 is 1.76 bits per heavy atom. The minimum absolute atomic E-state index is 0.00243. The molecule has 38 heavy (non-hydrogen) atoms. The van der Waals surface area contributed by atoms with Crippen molar-refractivity contribution in [3.05, 3.63) is 107 Å². The zero-order chi connectivity index (χ0) is 27.0. The van der Waals surface area contributed by atoms with E-state index in [-0.39, 0.29) is 22.7 Å². The number of rotatable bonds is 7. The third-order valence-electron chi connectivity index (χ3n) is 5.95. The van der Waals surface area contributed by atoms with Gasteiger partial charge in [-0.25, -0.2) is 22.5 Å². The van der Waals surface area contributed by atoms with Crippen LogP contribution in [0.15, 0.2) is 71.9 Å². The molecule has 5 aromatic rings. The van der Waals surface area contributed by atoms with Crippen molar-refractivity contribution < 1.29 is 22.4 Å². The highest BCUT2D eigenvalue weighted by Gasteiger charge is 2.25. The lowest BCUT2D eigenvalue weighted by Crippen LogP contribution is -2.09. The molecule has 0 spiro atoms. The van der Waals surface area contributed by atoms with Crippen LogP contribution in [0.25, 0.3) is 22.2 Å². The molecule has 2 heterocycles. The van der Waals surface area contributed by atoms with E-state index in [1.54, 1.807) is 30.5 Å². The molecule has 6 N–H and O–H groups in total. The fraction of sp³-hybridized carbons (Fsp3) is 0.0370. The van der Waals surface area contributed by atoms with Gasteiger partial charge in [0.25, 0.3) is 0 Å². The standard InChI is InChI=1S/C27H19F4N5OS/c28-16-2-3-19(29)23(9-16)38-36-22-6-4-20(30)24(25(22)31)26(37)18-12-35-27-17(18)8-15(11-34-27)13-1-5-21(33)14(7-13)10-32/h1-9,11-12,36H,10,32-33H2,(H,34,35). The molecule has 0 atom stereocenters. The van der Waals surface area contributed by atoms with Crippen LogP contribution in [-0.2, 0) is 6.54 Å². The lowest BCUT2D eigenvalue weighted by Gasteiger charge is -2.11. The number of halogens is 4. The van der Waals surface area contributed by atoms with Crippen molar-refractivity contribution in [1.29, 1.82) is 0 Å². The van der Waals surface area contributed by atoms with Gasteiger partial charge in [0.05, 0.1) is 16.1 Å². The summed E-state index contributed by atoms with van der Waals surface area (Å²) < 4.78 is 60.1. The number of H-pyrrole nitrogens is 1. The van der Waals surface area contributed by atoms with E-state index in [0.29, 0.717) is 34.2 Å². The predicted octanol–water partition coefficient (Wildman–Crippen LogP) is 6.18. The second-order valence-corrected chi connectivity index (χ2v) is 9.18. The molecule has 0 bridgehead atoms. The summed E-state index contributed by atoms with van der Waals surface area (Å²) >= 11 is 0.586. The fourth-order valence-electron chi connectivity index (χ4n) is 3.95. The summed E-state index contributed by atoms with van der Waals surface area (Å²) in [7, 11) is 0. The minimum Gasteiger partial charge on any atom is -0.398 e. The first-order chi connectivity index (χ1) is 18.3. The monoisotopic (exact) mass is 537 g/mol. The molecule has 0 radical (unpaired) electrons. The molecule has 0 aliphatic heterocycles. The number of carbonyl (C=O) groups excluding carboxylic acids is 1. The minimum atomic E-state index is -1.18. The molecule has 0 aliphatic rings. The quantitative estimate of drug-likeness (QED) is 0.0855. The first-order valence-corrected chi connectivity index (χ1v) is 12.0. The molecule has 0 aliphatic carbocycles. The fourth-order valence-corrected chi connectivity index (χ4v) is 4.67. The van der Waals surface area contributed by atoms with Crippen LogP contribution in [0.1, 0.15) is 21.5 Å². The van der Waals surface area contributed by atoms with E-state index in [2.05, 4.69) is 14.7 Å². The number of nitrogens with two attached hydrogens (primary N) is 2. The number of nitrogen functional groups attached to an aromatic ring is 1. The highest BCUT2D eigenvalue weighted by Crippen LogP contribution is 2.32. The van der Waals surface area contributed by atoms with Crippen molar-refractivity contribution in [3.63, 3.8) is 0 Å². The summed E-state index contributed by atoms with van der Waals surface area (Å²) in [5.41, 5.74) is 13.6. The Kier molecular flexibility index (Phi) is 6.79. The Labute approximate surface area is 218 Å². The number of ketones is 1. The van der Waals surface area contributed by atoms with Crippen LogP contribution in [0.4, 0.5) is 28.9 Å². The molecule has 0 amide bonds. The molecule has 0 fully saturated rings. The first-order valence-electron chi connectivity index (χ1n) is 11.2. The van der Waals surface area contributed by atoms with Gasteiger partial charge >= 0.3 is 0 Å². The van der Waals surface area contributed by atoms with E-state index in [4.69, 9.17) is 11.5 Å². The molecule has 2 aromatic heterocycles. The number of carbonyl (C=O) groups is 1. The van der Waals surface area contributed by atoms with E-state index in [9.17, 15) is 18.0 Å². The lowest BCUT2D eigenvalue weighted by atomic mass is 9.99. The molecule has 11 heteroatoms. The number of hydrogen-bond donors (Lipinski definition) is 4. The molecule has 192 valence electrons. The molecule has 6 nitrogen and oxygen atoms in total. The van der Waals surface area contributed by atoms with Crippen molar-refractivity contribution >= 4 is 40.1 Å². The maximum absolute atomic E-state index is 15.4. The third-order valence-corrected chi connectivity index (χ3v) is 6.81. The topological polar surface area (TPSA) is 110 Å². The van der Waals surface area contributed by atoms with E-state index in [1.807, 2.05) is 0 Å². The van der Waals surface area contributed by atoms with Gasteiger partial charge in [0.1, 0.15) is 23.1 Å². The zero-order valence-electron chi connectivity index (χ0n) is 19.5. The van der Waals surface area contributed by atoms with Crippen LogP contribution < -0.4 is 16.2 Å². The van der Waals surface area contributed by atoms with Gasteiger partial charge in [0, 0.05) is 41.1 Å². The lowest BCUT2D eigenvalue weighted by molar-refractivity contribution is 0.103. The smallest absolute Gasteiger partial charge is 0.201 e. The van der Waals surface area contributed by atoms with Crippen molar-refractivity contribution in [1.82, 2.24) is 9.97 Å². The number of nitrogens with one attached hydrogen (secondary N) is 2. The van der Waals surface area contributed by atoms with Gasteiger partial charge in [-0.15, -0.1) is 0 Å². The number of aromatic nitrogens is 2. The van der Waals surface area contributed by atoms with Gasteiger partial charge in [-0.3, -0.25) is 4.79 Å². The first kappa shape index (κ1) is 25.3. The molecule has 5 rings (SSSR count). The molecule has 3 aromatic carbocycles. The SMILES string of the molecule is NCc1cc(-c2cnc3[nH]cc(C(=O)c4c(F)ccc(NSc5cc(F)ccc5F)c4F)c3c2)ccc1N. The Balaban J connectivity index is 1.50. The third kappa shape index (κ3) is 4.69. The number of anilines is 2. The molecular formula is C27H19F4N5OS. The summed E-state index contributed by atoms with van der Waals surface area (Å²) in [6.07, 6.45) is 2.92.